The van der Waals surface area contributed by atoms with Crippen LogP contribution in [0, 0.1) is 0 Å². The molecule has 3 aromatic carbocycles. The number of nitrogens with one attached hydrogen (secondary N) is 1. The number of piperidine rings is 1. The van der Waals surface area contributed by atoms with E-state index in [2.05, 4.69) is 16.3 Å². The standard InChI is InChI=1S/C33H33Cl2N3O6S/c1-33(2,3)43-32(40)38-27-11-7-20(19-37-13-5-4-6-14-37)15-21(27)16-28(38)23-9-12-29(24-18-36-31(39)30(23)24)44-45(41,42)22-8-10-25(34)26(35)17-22/h7-12,15-17H,4-6,13-14,18-19H2,1-3H3,(H,36,39). The topological polar surface area (TPSA) is 107 Å². The second kappa shape index (κ2) is 12.0. The summed E-state index contributed by atoms with van der Waals surface area (Å²) in [6.07, 6.45) is 3.03. The van der Waals surface area contributed by atoms with Crippen LogP contribution >= 0.6 is 23.2 Å². The lowest BCUT2D eigenvalue weighted by Crippen LogP contribution is -2.29. The summed E-state index contributed by atoms with van der Waals surface area (Å²) in [5, 5.41) is 3.86. The van der Waals surface area contributed by atoms with Gasteiger partial charge in [0.15, 0.2) is 0 Å². The van der Waals surface area contributed by atoms with E-state index >= 15 is 0 Å². The van der Waals surface area contributed by atoms with E-state index in [4.69, 9.17) is 32.1 Å². The Labute approximate surface area is 272 Å². The Morgan fingerprint density at radius 3 is 2.42 bits per heavy atom. The van der Waals surface area contributed by atoms with Gasteiger partial charge >= 0.3 is 16.2 Å². The third kappa shape index (κ3) is 6.42. The quantitative estimate of drug-likeness (QED) is 0.213. The van der Waals surface area contributed by atoms with Gasteiger partial charge in [-0.05, 0) is 101 Å². The largest absolute Gasteiger partial charge is 0.443 e. The first-order valence-corrected chi connectivity index (χ1v) is 16.9. The number of amides is 1. The summed E-state index contributed by atoms with van der Waals surface area (Å²) in [4.78, 5) is 29.2. The number of fused-ring (bicyclic) bond motifs is 2. The molecule has 12 heteroatoms. The Balaban J connectivity index is 1.45. The van der Waals surface area contributed by atoms with Crippen LogP contribution in [0.15, 0.2) is 59.5 Å². The zero-order valence-corrected chi connectivity index (χ0v) is 27.5. The molecular formula is C33H33Cl2N3O6S. The highest BCUT2D eigenvalue weighted by Gasteiger charge is 2.32. The lowest BCUT2D eigenvalue weighted by molar-refractivity contribution is 0.0546. The number of halogens is 2. The van der Waals surface area contributed by atoms with Gasteiger partial charge in [0, 0.05) is 29.6 Å². The minimum Gasteiger partial charge on any atom is -0.443 e. The van der Waals surface area contributed by atoms with Gasteiger partial charge in [0.2, 0.25) is 0 Å². The fourth-order valence-corrected chi connectivity index (χ4v) is 7.20. The van der Waals surface area contributed by atoms with E-state index in [-0.39, 0.29) is 32.8 Å². The number of hydrogen-bond donors (Lipinski definition) is 1. The highest BCUT2D eigenvalue weighted by atomic mass is 35.5. The molecule has 236 valence electrons. The second-order valence-electron chi connectivity index (χ2n) is 12.3. The normalized spacial score (nSPS) is 15.6. The van der Waals surface area contributed by atoms with Crippen molar-refractivity contribution in [1.82, 2.24) is 14.8 Å². The van der Waals surface area contributed by atoms with Crippen molar-refractivity contribution >= 4 is 56.2 Å². The van der Waals surface area contributed by atoms with Crippen molar-refractivity contribution in [3.8, 4) is 17.0 Å². The van der Waals surface area contributed by atoms with Gasteiger partial charge in [-0.3, -0.25) is 9.69 Å². The summed E-state index contributed by atoms with van der Waals surface area (Å²) in [5.74, 6) is -0.425. The van der Waals surface area contributed by atoms with Crippen LogP contribution in [0.3, 0.4) is 0 Å². The van der Waals surface area contributed by atoms with Crippen LogP contribution < -0.4 is 9.50 Å². The molecular weight excluding hydrogens is 637 g/mol. The van der Waals surface area contributed by atoms with Gasteiger partial charge in [-0.2, -0.15) is 8.42 Å². The zero-order valence-electron chi connectivity index (χ0n) is 25.2. The molecule has 1 N–H and O–H groups in total. The van der Waals surface area contributed by atoms with Crippen molar-refractivity contribution in [2.24, 2.45) is 0 Å². The Morgan fingerprint density at radius 1 is 0.956 bits per heavy atom. The van der Waals surface area contributed by atoms with Gasteiger partial charge in [-0.1, -0.05) is 35.7 Å². The average molecular weight is 671 g/mol. The maximum atomic E-state index is 13.7. The van der Waals surface area contributed by atoms with Gasteiger partial charge in [0.25, 0.3) is 5.91 Å². The number of carbonyl (C=O) groups excluding carboxylic acids is 2. The molecule has 2 aliphatic rings. The fraction of sp³-hybridized carbons (Fsp3) is 0.333. The van der Waals surface area contributed by atoms with Crippen LogP contribution in [0.2, 0.25) is 10.0 Å². The van der Waals surface area contributed by atoms with E-state index in [1.54, 1.807) is 26.8 Å². The molecule has 1 amide bonds. The first kappa shape index (κ1) is 31.4. The highest BCUT2D eigenvalue weighted by molar-refractivity contribution is 7.87. The van der Waals surface area contributed by atoms with Gasteiger partial charge in [-0.25, -0.2) is 9.36 Å². The predicted molar refractivity (Wildman–Crippen MR) is 174 cm³/mol. The second-order valence-corrected chi connectivity index (χ2v) is 14.7. The molecule has 45 heavy (non-hydrogen) atoms. The summed E-state index contributed by atoms with van der Waals surface area (Å²) in [6.45, 7) is 8.33. The summed E-state index contributed by atoms with van der Waals surface area (Å²) < 4.78 is 39.1. The fourth-order valence-electron chi connectivity index (χ4n) is 5.85. The molecule has 0 aliphatic carbocycles. The average Bonchev–Trinajstić information content (AvgIpc) is 3.55. The van der Waals surface area contributed by atoms with Crippen LogP contribution in [0.4, 0.5) is 4.79 Å². The summed E-state index contributed by atoms with van der Waals surface area (Å²) in [7, 11) is -4.31. The van der Waals surface area contributed by atoms with Crippen LogP contribution in [0.25, 0.3) is 22.2 Å². The van der Waals surface area contributed by atoms with E-state index in [0.717, 1.165) is 30.6 Å². The molecule has 0 bridgehead atoms. The van der Waals surface area contributed by atoms with Gasteiger partial charge < -0.3 is 14.2 Å². The molecule has 0 spiro atoms. The molecule has 0 saturated carbocycles. The summed E-state index contributed by atoms with van der Waals surface area (Å²) in [5.41, 5.74) is 2.45. The third-order valence-electron chi connectivity index (χ3n) is 7.87. The number of likely N-dealkylation sites (tertiary alicyclic amines) is 1. The minimum atomic E-state index is -4.31. The lowest BCUT2D eigenvalue weighted by Gasteiger charge is -2.26. The van der Waals surface area contributed by atoms with Crippen molar-refractivity contribution < 1.29 is 26.9 Å². The minimum absolute atomic E-state index is 0.0121. The number of carbonyl (C=O) groups is 2. The van der Waals surface area contributed by atoms with E-state index in [9.17, 15) is 18.0 Å². The van der Waals surface area contributed by atoms with Crippen molar-refractivity contribution in [2.75, 3.05) is 13.1 Å². The number of aromatic nitrogens is 1. The van der Waals surface area contributed by atoms with E-state index in [1.807, 2.05) is 18.2 Å². The number of hydrogen-bond acceptors (Lipinski definition) is 7. The maximum Gasteiger partial charge on any atom is 0.419 e. The molecule has 1 aromatic heterocycles. The molecule has 1 saturated heterocycles. The molecule has 6 rings (SSSR count). The smallest absolute Gasteiger partial charge is 0.419 e. The Kier molecular flexibility index (Phi) is 8.36. The van der Waals surface area contributed by atoms with Crippen LogP contribution in [0.1, 0.15) is 61.5 Å². The van der Waals surface area contributed by atoms with Gasteiger partial charge in [0.1, 0.15) is 16.2 Å². The van der Waals surface area contributed by atoms with E-state index in [0.29, 0.717) is 22.3 Å². The molecule has 0 atom stereocenters. The molecule has 0 unspecified atom stereocenters. The summed E-state index contributed by atoms with van der Waals surface area (Å²) in [6, 6.07) is 14.8. The van der Waals surface area contributed by atoms with Crippen LogP contribution in [-0.2, 0) is 27.9 Å². The highest BCUT2D eigenvalue weighted by Crippen LogP contribution is 2.39. The predicted octanol–water partition coefficient (Wildman–Crippen LogP) is 7.40. The molecule has 2 aliphatic heterocycles. The SMILES string of the molecule is CC(C)(C)OC(=O)n1c(-c2ccc(OS(=O)(=O)c3ccc(Cl)c(Cl)c3)c3c2C(=O)NC3)cc2cc(CN3CCCCC3)ccc21. The zero-order chi connectivity index (χ0) is 32.1. The summed E-state index contributed by atoms with van der Waals surface area (Å²) >= 11 is 12.0. The lowest BCUT2D eigenvalue weighted by atomic mass is 9.99. The molecule has 9 nitrogen and oxygen atoms in total. The monoisotopic (exact) mass is 669 g/mol. The number of benzene rings is 3. The number of rotatable bonds is 6. The van der Waals surface area contributed by atoms with Crippen molar-refractivity contribution in [1.29, 1.82) is 0 Å². The van der Waals surface area contributed by atoms with Crippen molar-refractivity contribution in [2.45, 2.75) is 63.6 Å². The number of ether oxygens (including phenoxy) is 1. The number of nitrogens with zero attached hydrogens (tertiary/aromatic N) is 2. The van der Waals surface area contributed by atoms with Crippen molar-refractivity contribution in [3.05, 3.63) is 81.3 Å². The third-order valence-corrected chi connectivity index (χ3v) is 9.84. The first-order chi connectivity index (χ1) is 21.3. The van der Waals surface area contributed by atoms with E-state index in [1.165, 1.54) is 48.1 Å². The van der Waals surface area contributed by atoms with E-state index < -0.39 is 27.7 Å². The molecule has 0 radical (unpaired) electrons. The first-order valence-electron chi connectivity index (χ1n) is 14.7. The van der Waals surface area contributed by atoms with Gasteiger partial charge in [0.05, 0.1) is 26.8 Å². The molecule has 3 heterocycles. The van der Waals surface area contributed by atoms with Gasteiger partial charge in [-0.15, -0.1) is 0 Å². The molecule has 1 fully saturated rings. The maximum absolute atomic E-state index is 13.7. The van der Waals surface area contributed by atoms with Crippen LogP contribution in [0.5, 0.6) is 5.75 Å². The van der Waals surface area contributed by atoms with Crippen molar-refractivity contribution in [3.63, 3.8) is 0 Å². The molecule has 4 aromatic rings. The van der Waals surface area contributed by atoms with Crippen LogP contribution in [-0.4, -0.2) is 48.6 Å². The Morgan fingerprint density at radius 2 is 1.71 bits per heavy atom. The Hall–Kier alpha value is -3.57. The Bertz CT molecular complexity index is 1940.